The summed E-state index contributed by atoms with van der Waals surface area (Å²) < 4.78 is 11.6. The van der Waals surface area contributed by atoms with Gasteiger partial charge in [-0.1, -0.05) is 20.8 Å². The molecule has 0 spiro atoms. The number of ether oxygens (including phenoxy) is 2. The summed E-state index contributed by atoms with van der Waals surface area (Å²) in [6.07, 6.45) is 4.81. The second-order valence-electron chi connectivity index (χ2n) is 9.56. The van der Waals surface area contributed by atoms with E-state index < -0.39 is 5.60 Å². The summed E-state index contributed by atoms with van der Waals surface area (Å²) >= 11 is 0. The minimum absolute atomic E-state index is 0.0128. The average molecular weight is 389 g/mol. The third-order valence-corrected chi connectivity index (χ3v) is 8.05. The van der Waals surface area contributed by atoms with Gasteiger partial charge in [-0.15, -0.1) is 0 Å². The standard InChI is InChI=1S/C22H31NO5/c1-4-13-14-7-5-6-8-23-15(16-9-11(2)20(24)27-16)10-22(26,19(14)23)17-12(3)21(25)28-18(13)17/h11-13,15-18,26H,4-10H2,1-3H3/t11-,12-,13+,15-,16-,17+,18+,22-/m0/s1. The van der Waals surface area contributed by atoms with Gasteiger partial charge in [0.1, 0.15) is 17.8 Å². The first kappa shape index (κ1) is 18.5. The first-order valence-electron chi connectivity index (χ1n) is 11.0. The highest BCUT2D eigenvalue weighted by atomic mass is 16.6. The first-order valence-corrected chi connectivity index (χ1v) is 11.0. The molecule has 5 rings (SSSR count). The van der Waals surface area contributed by atoms with Gasteiger partial charge in [-0.05, 0) is 37.7 Å². The Morgan fingerprint density at radius 1 is 1.18 bits per heavy atom. The molecule has 3 saturated heterocycles. The minimum Gasteiger partial charge on any atom is -0.461 e. The van der Waals surface area contributed by atoms with Crippen LogP contribution in [-0.2, 0) is 19.1 Å². The molecule has 154 valence electrons. The van der Waals surface area contributed by atoms with Crippen molar-refractivity contribution in [2.75, 3.05) is 6.54 Å². The third-order valence-electron chi connectivity index (χ3n) is 8.05. The highest BCUT2D eigenvalue weighted by molar-refractivity contribution is 5.76. The Morgan fingerprint density at radius 2 is 1.96 bits per heavy atom. The molecular weight excluding hydrogens is 358 g/mol. The van der Waals surface area contributed by atoms with E-state index in [-0.39, 0.29) is 53.9 Å². The monoisotopic (exact) mass is 389 g/mol. The number of aliphatic hydroxyl groups is 1. The molecule has 6 heteroatoms. The summed E-state index contributed by atoms with van der Waals surface area (Å²) in [7, 11) is 0. The third kappa shape index (κ3) is 2.30. The van der Waals surface area contributed by atoms with Crippen molar-refractivity contribution in [3.05, 3.63) is 11.3 Å². The van der Waals surface area contributed by atoms with Crippen LogP contribution in [0.4, 0.5) is 0 Å². The molecule has 0 amide bonds. The van der Waals surface area contributed by atoms with Crippen molar-refractivity contribution in [2.24, 2.45) is 23.7 Å². The maximum atomic E-state index is 12.5. The van der Waals surface area contributed by atoms with E-state index in [9.17, 15) is 14.7 Å². The fourth-order valence-electron chi connectivity index (χ4n) is 6.82. The predicted octanol–water partition coefficient (Wildman–Crippen LogP) is 2.40. The quantitative estimate of drug-likeness (QED) is 0.731. The largest absolute Gasteiger partial charge is 0.461 e. The molecule has 0 aromatic carbocycles. The molecule has 1 aliphatic carbocycles. The number of carbonyl (C=O) groups excluding carboxylic acids is 2. The van der Waals surface area contributed by atoms with Crippen LogP contribution < -0.4 is 0 Å². The van der Waals surface area contributed by atoms with E-state index in [0.29, 0.717) is 12.8 Å². The van der Waals surface area contributed by atoms with Gasteiger partial charge < -0.3 is 19.5 Å². The van der Waals surface area contributed by atoms with Gasteiger partial charge in [-0.3, -0.25) is 9.59 Å². The molecule has 0 saturated carbocycles. The lowest BCUT2D eigenvalue weighted by Gasteiger charge is -2.45. The zero-order chi connectivity index (χ0) is 19.8. The predicted molar refractivity (Wildman–Crippen MR) is 101 cm³/mol. The molecule has 0 aromatic heterocycles. The summed E-state index contributed by atoms with van der Waals surface area (Å²) in [5.41, 5.74) is 1.26. The molecule has 6 nitrogen and oxygen atoms in total. The Morgan fingerprint density at radius 3 is 2.64 bits per heavy atom. The Balaban J connectivity index is 1.62. The maximum Gasteiger partial charge on any atom is 0.309 e. The van der Waals surface area contributed by atoms with Crippen molar-refractivity contribution in [1.29, 1.82) is 0 Å². The number of carbonyl (C=O) groups is 2. The average Bonchev–Trinajstić information content (AvgIpc) is 3.17. The Labute approximate surface area is 166 Å². The van der Waals surface area contributed by atoms with E-state index in [1.807, 2.05) is 13.8 Å². The number of esters is 2. The van der Waals surface area contributed by atoms with Crippen LogP contribution in [0.2, 0.25) is 0 Å². The van der Waals surface area contributed by atoms with E-state index >= 15 is 0 Å². The number of fused-ring (bicyclic) bond motifs is 2. The molecule has 0 aromatic rings. The highest BCUT2D eigenvalue weighted by Crippen LogP contribution is 2.59. The molecule has 5 aliphatic rings. The van der Waals surface area contributed by atoms with Crippen LogP contribution in [0.15, 0.2) is 11.3 Å². The van der Waals surface area contributed by atoms with Crippen LogP contribution in [0.25, 0.3) is 0 Å². The van der Waals surface area contributed by atoms with Gasteiger partial charge >= 0.3 is 11.9 Å². The SMILES string of the molecule is CC[C@@H]1C2=C3N(CCCC2)[C@H]([C@@H]2C[C@H](C)C(=O)O2)C[C@]3(O)[C@H]2[C@@H]1OC(=O)[C@H]2C. The Kier molecular flexibility index (Phi) is 4.10. The lowest BCUT2D eigenvalue weighted by Crippen LogP contribution is -2.52. The Hall–Kier alpha value is -1.56. The lowest BCUT2D eigenvalue weighted by molar-refractivity contribution is -0.146. The van der Waals surface area contributed by atoms with Gasteiger partial charge in [0.25, 0.3) is 0 Å². The zero-order valence-corrected chi connectivity index (χ0v) is 17.0. The fraction of sp³-hybridized carbons (Fsp3) is 0.818. The lowest BCUT2D eigenvalue weighted by atomic mass is 9.63. The second-order valence-corrected chi connectivity index (χ2v) is 9.56. The smallest absolute Gasteiger partial charge is 0.309 e. The van der Waals surface area contributed by atoms with Crippen LogP contribution in [0.1, 0.15) is 59.3 Å². The highest BCUT2D eigenvalue weighted by Gasteiger charge is 2.66. The number of hydrogen-bond donors (Lipinski definition) is 1. The van der Waals surface area contributed by atoms with Crippen LogP contribution in [-0.4, -0.2) is 52.3 Å². The van der Waals surface area contributed by atoms with E-state index in [2.05, 4.69) is 11.8 Å². The molecule has 8 atom stereocenters. The van der Waals surface area contributed by atoms with Gasteiger partial charge in [0.2, 0.25) is 0 Å². The fourth-order valence-corrected chi connectivity index (χ4v) is 6.82. The van der Waals surface area contributed by atoms with E-state index in [1.54, 1.807) is 0 Å². The molecular formula is C22H31NO5. The van der Waals surface area contributed by atoms with Gasteiger partial charge in [0.15, 0.2) is 0 Å². The summed E-state index contributed by atoms with van der Waals surface area (Å²) in [6, 6.07) is -0.0128. The molecule has 1 N–H and O–H groups in total. The molecule has 0 bridgehead atoms. The van der Waals surface area contributed by atoms with Crippen molar-refractivity contribution >= 4 is 11.9 Å². The summed E-state index contributed by atoms with van der Waals surface area (Å²) in [4.78, 5) is 26.9. The van der Waals surface area contributed by atoms with Gasteiger partial charge in [-0.2, -0.15) is 0 Å². The van der Waals surface area contributed by atoms with E-state index in [0.717, 1.165) is 37.9 Å². The first-order chi connectivity index (χ1) is 13.4. The van der Waals surface area contributed by atoms with E-state index in [4.69, 9.17) is 9.47 Å². The molecule has 4 heterocycles. The second kappa shape index (κ2) is 6.22. The molecule has 4 aliphatic heterocycles. The molecule has 3 fully saturated rings. The van der Waals surface area contributed by atoms with Crippen molar-refractivity contribution < 1.29 is 24.2 Å². The van der Waals surface area contributed by atoms with Crippen LogP contribution >= 0.6 is 0 Å². The summed E-state index contributed by atoms with van der Waals surface area (Å²) in [5.74, 6) is -0.757. The number of cyclic esters (lactones) is 1. The van der Waals surface area contributed by atoms with Crippen molar-refractivity contribution in [3.63, 3.8) is 0 Å². The number of rotatable bonds is 2. The summed E-state index contributed by atoms with van der Waals surface area (Å²) in [5, 5.41) is 12.1. The van der Waals surface area contributed by atoms with Crippen LogP contribution in [0.5, 0.6) is 0 Å². The maximum absolute atomic E-state index is 12.5. The van der Waals surface area contributed by atoms with Crippen molar-refractivity contribution in [2.45, 2.75) is 83.1 Å². The molecule has 0 radical (unpaired) electrons. The number of hydrogen-bond acceptors (Lipinski definition) is 6. The van der Waals surface area contributed by atoms with E-state index in [1.165, 1.54) is 5.57 Å². The van der Waals surface area contributed by atoms with Crippen molar-refractivity contribution in [1.82, 2.24) is 4.90 Å². The van der Waals surface area contributed by atoms with Gasteiger partial charge in [0, 0.05) is 30.5 Å². The van der Waals surface area contributed by atoms with Crippen LogP contribution in [0.3, 0.4) is 0 Å². The zero-order valence-electron chi connectivity index (χ0n) is 17.0. The minimum atomic E-state index is -1.06. The normalized spacial score (nSPS) is 47.6. The topological polar surface area (TPSA) is 76.1 Å². The van der Waals surface area contributed by atoms with Gasteiger partial charge in [-0.25, -0.2) is 0 Å². The summed E-state index contributed by atoms with van der Waals surface area (Å²) in [6.45, 7) is 6.85. The number of nitrogens with zero attached hydrogens (tertiary/aromatic N) is 1. The van der Waals surface area contributed by atoms with Crippen LogP contribution in [0, 0.1) is 23.7 Å². The molecule has 28 heavy (non-hydrogen) atoms. The van der Waals surface area contributed by atoms with Gasteiger partial charge in [0.05, 0.1) is 17.9 Å². The van der Waals surface area contributed by atoms with Crippen molar-refractivity contribution in [3.8, 4) is 0 Å². The Bertz CT molecular complexity index is 747. The molecule has 0 unspecified atom stereocenters.